The van der Waals surface area contributed by atoms with E-state index in [4.69, 9.17) is 5.84 Å². The van der Waals surface area contributed by atoms with Crippen LogP contribution in [-0.2, 0) is 16.4 Å². The third kappa shape index (κ3) is 5.97. The molecule has 4 N–H and O–H groups in total. The van der Waals surface area contributed by atoms with Crippen molar-refractivity contribution in [2.75, 3.05) is 36.0 Å². The smallest absolute Gasteiger partial charge is 0.265 e. The minimum absolute atomic E-state index is 0.00214. The van der Waals surface area contributed by atoms with E-state index < -0.39 is 33.6 Å². The third-order valence-corrected chi connectivity index (χ3v) is 6.75. The van der Waals surface area contributed by atoms with E-state index in [9.17, 15) is 27.1 Å². The topological polar surface area (TPSA) is 116 Å². The van der Waals surface area contributed by atoms with Crippen LogP contribution in [0.15, 0.2) is 42.5 Å². The van der Waals surface area contributed by atoms with Gasteiger partial charge in [-0.3, -0.25) is 15.1 Å². The number of carbonyl (C=O) groups excluding carboxylic acids is 1. The number of halogens is 2. The Morgan fingerprint density at radius 2 is 1.81 bits per heavy atom. The molecule has 0 radical (unpaired) electrons. The molecule has 0 saturated carbocycles. The summed E-state index contributed by atoms with van der Waals surface area (Å²) < 4.78 is 51.2. The Hall–Kier alpha value is -2.60. The second-order valence-electron chi connectivity index (χ2n) is 7.33. The molecule has 0 aromatic heterocycles. The highest BCUT2D eigenvalue weighted by Crippen LogP contribution is 2.25. The number of β-amino-alcohol motifs (C(OH)–C–C–N with tert-alkyl or cyclic N) is 1. The molecule has 1 aliphatic rings. The number of hydrogen-bond donors (Lipinski definition) is 3. The van der Waals surface area contributed by atoms with Crippen LogP contribution in [-0.4, -0.2) is 61.7 Å². The molecule has 1 unspecified atom stereocenters. The molecule has 1 saturated heterocycles. The van der Waals surface area contributed by atoms with Gasteiger partial charge in [0.05, 0.1) is 17.2 Å². The third-order valence-electron chi connectivity index (χ3n) is 5.14. The number of amides is 1. The SMILES string of the molecule is NNC(=O)c1ccc(CN(c2ccc(F)cc2F)C(O)CN2CCS(=O)(=O)CC2)cc1. The molecular weight excluding hydrogens is 430 g/mol. The van der Waals surface area contributed by atoms with Crippen LogP contribution >= 0.6 is 0 Å². The van der Waals surface area contributed by atoms with Crippen molar-refractivity contribution < 1.29 is 27.1 Å². The summed E-state index contributed by atoms with van der Waals surface area (Å²) >= 11 is 0. The van der Waals surface area contributed by atoms with E-state index in [0.717, 1.165) is 12.1 Å². The Balaban J connectivity index is 1.81. The van der Waals surface area contributed by atoms with Gasteiger partial charge in [0.25, 0.3) is 5.91 Å². The first-order valence-electron chi connectivity index (χ1n) is 9.61. The maximum atomic E-state index is 14.5. The van der Waals surface area contributed by atoms with Gasteiger partial charge in [-0.25, -0.2) is 23.0 Å². The maximum absolute atomic E-state index is 14.5. The Morgan fingerprint density at radius 3 is 2.39 bits per heavy atom. The summed E-state index contributed by atoms with van der Waals surface area (Å²) in [6.45, 7) is 0.685. The molecule has 1 aliphatic heterocycles. The first kappa shape index (κ1) is 23.1. The number of carbonyl (C=O) groups is 1. The van der Waals surface area contributed by atoms with Crippen LogP contribution in [0, 0.1) is 11.6 Å². The largest absolute Gasteiger partial charge is 0.372 e. The number of nitrogen functional groups attached to an aromatic ring is 1. The van der Waals surface area contributed by atoms with E-state index in [-0.39, 0.29) is 43.4 Å². The van der Waals surface area contributed by atoms with E-state index in [1.807, 2.05) is 5.43 Å². The number of nitrogens with zero attached hydrogens (tertiary/aromatic N) is 2. The van der Waals surface area contributed by atoms with Crippen LogP contribution in [0.25, 0.3) is 0 Å². The molecule has 0 spiro atoms. The molecule has 2 aromatic carbocycles. The fourth-order valence-corrected chi connectivity index (χ4v) is 4.65. The summed E-state index contributed by atoms with van der Waals surface area (Å²) in [7, 11) is -3.08. The van der Waals surface area contributed by atoms with Crippen molar-refractivity contribution in [2.24, 2.45) is 5.84 Å². The quantitative estimate of drug-likeness (QED) is 0.243. The van der Waals surface area contributed by atoms with Gasteiger partial charge >= 0.3 is 0 Å². The molecule has 8 nitrogen and oxygen atoms in total. The molecule has 3 rings (SSSR count). The number of aliphatic hydroxyl groups is 1. The van der Waals surface area contributed by atoms with Gasteiger partial charge in [0.2, 0.25) is 0 Å². The van der Waals surface area contributed by atoms with E-state index in [1.54, 1.807) is 29.2 Å². The van der Waals surface area contributed by atoms with Crippen LogP contribution in [0.1, 0.15) is 15.9 Å². The van der Waals surface area contributed by atoms with Gasteiger partial charge in [-0.05, 0) is 29.8 Å². The molecule has 11 heteroatoms. The van der Waals surface area contributed by atoms with Gasteiger partial charge in [0.1, 0.15) is 17.9 Å². The molecule has 1 amide bonds. The highest BCUT2D eigenvalue weighted by molar-refractivity contribution is 7.91. The lowest BCUT2D eigenvalue weighted by molar-refractivity contribution is 0.0953. The number of aliphatic hydroxyl groups excluding tert-OH is 1. The number of hydrazine groups is 1. The second-order valence-corrected chi connectivity index (χ2v) is 9.63. The number of nitrogens with one attached hydrogen (secondary N) is 1. The molecule has 0 aliphatic carbocycles. The first-order chi connectivity index (χ1) is 14.7. The van der Waals surface area contributed by atoms with Gasteiger partial charge in [-0.1, -0.05) is 12.1 Å². The Kier molecular flexibility index (Phi) is 7.21. The zero-order chi connectivity index (χ0) is 22.6. The molecule has 168 valence electrons. The summed E-state index contributed by atoms with van der Waals surface area (Å²) in [5.74, 6) is 3.07. The zero-order valence-electron chi connectivity index (χ0n) is 16.7. The lowest BCUT2D eigenvalue weighted by atomic mass is 10.1. The summed E-state index contributed by atoms with van der Waals surface area (Å²) in [4.78, 5) is 14.8. The Morgan fingerprint density at radius 1 is 1.16 bits per heavy atom. The predicted octanol–water partition coefficient (Wildman–Crippen LogP) is 0.624. The molecule has 1 atom stereocenters. The van der Waals surface area contributed by atoms with Crippen LogP contribution < -0.4 is 16.2 Å². The highest BCUT2D eigenvalue weighted by atomic mass is 32.2. The second kappa shape index (κ2) is 9.69. The van der Waals surface area contributed by atoms with Gasteiger partial charge in [-0.15, -0.1) is 0 Å². The van der Waals surface area contributed by atoms with Crippen molar-refractivity contribution in [3.8, 4) is 0 Å². The fourth-order valence-electron chi connectivity index (χ4n) is 3.37. The predicted molar refractivity (Wildman–Crippen MR) is 112 cm³/mol. The molecule has 2 aromatic rings. The van der Waals surface area contributed by atoms with E-state index in [0.29, 0.717) is 11.1 Å². The lowest BCUT2D eigenvalue weighted by Gasteiger charge is -2.35. The summed E-state index contributed by atoms with van der Waals surface area (Å²) in [6, 6.07) is 9.43. The van der Waals surface area contributed by atoms with E-state index >= 15 is 0 Å². The number of hydrogen-bond acceptors (Lipinski definition) is 7. The molecular formula is C20H24F2N4O4S. The average molecular weight is 454 g/mol. The number of rotatable bonds is 7. The molecule has 31 heavy (non-hydrogen) atoms. The molecule has 0 bridgehead atoms. The van der Waals surface area contributed by atoms with Crippen molar-refractivity contribution in [2.45, 2.75) is 12.8 Å². The van der Waals surface area contributed by atoms with Gasteiger partial charge in [0, 0.05) is 37.8 Å². The summed E-state index contributed by atoms with van der Waals surface area (Å²) in [5.41, 5.74) is 3.03. The van der Waals surface area contributed by atoms with Crippen molar-refractivity contribution >= 4 is 21.4 Å². The minimum atomic E-state index is -3.08. The number of anilines is 1. The van der Waals surface area contributed by atoms with Crippen molar-refractivity contribution in [1.29, 1.82) is 0 Å². The van der Waals surface area contributed by atoms with Crippen molar-refractivity contribution in [3.05, 3.63) is 65.2 Å². The van der Waals surface area contributed by atoms with Gasteiger partial charge < -0.3 is 10.0 Å². The highest BCUT2D eigenvalue weighted by Gasteiger charge is 2.27. The summed E-state index contributed by atoms with van der Waals surface area (Å²) in [6.07, 6.45) is -1.19. The molecule has 1 heterocycles. The first-order valence-corrected chi connectivity index (χ1v) is 11.4. The fraction of sp³-hybridized carbons (Fsp3) is 0.350. The Bertz CT molecular complexity index is 1020. The zero-order valence-corrected chi connectivity index (χ0v) is 17.5. The van der Waals surface area contributed by atoms with Crippen molar-refractivity contribution in [1.82, 2.24) is 10.3 Å². The van der Waals surface area contributed by atoms with Crippen molar-refractivity contribution in [3.63, 3.8) is 0 Å². The Labute approximate surface area is 179 Å². The summed E-state index contributed by atoms with van der Waals surface area (Å²) in [5, 5.41) is 10.9. The normalized spacial score (nSPS) is 17.2. The van der Waals surface area contributed by atoms with Crippen LogP contribution in [0.4, 0.5) is 14.5 Å². The standard InChI is InChI=1S/C20H24F2N4O4S/c21-16-5-6-18(17(22)11-16)26(12-14-1-3-15(4-2-14)20(28)24-23)19(27)13-25-7-9-31(29,30)10-8-25/h1-6,11,19,27H,7-10,12-13,23H2,(H,24,28). The monoisotopic (exact) mass is 454 g/mol. The van der Waals surface area contributed by atoms with Gasteiger partial charge in [-0.2, -0.15) is 0 Å². The average Bonchev–Trinajstić information content (AvgIpc) is 2.74. The van der Waals surface area contributed by atoms with E-state index in [1.165, 1.54) is 11.0 Å². The maximum Gasteiger partial charge on any atom is 0.265 e. The van der Waals surface area contributed by atoms with Gasteiger partial charge in [0.15, 0.2) is 9.84 Å². The number of nitrogens with two attached hydrogens (primary N) is 1. The van der Waals surface area contributed by atoms with E-state index in [2.05, 4.69) is 0 Å². The molecule has 1 fully saturated rings. The van der Waals surface area contributed by atoms with Crippen LogP contribution in [0.3, 0.4) is 0 Å². The lowest BCUT2D eigenvalue weighted by Crippen LogP contribution is -2.49. The minimum Gasteiger partial charge on any atom is -0.372 e. The number of sulfone groups is 1. The van der Waals surface area contributed by atoms with Crippen LogP contribution in [0.5, 0.6) is 0 Å². The van der Waals surface area contributed by atoms with Crippen LogP contribution in [0.2, 0.25) is 0 Å². The number of benzene rings is 2.